The molecule has 0 unspecified atom stereocenters. The fourth-order valence-corrected chi connectivity index (χ4v) is 4.11. The van der Waals surface area contributed by atoms with Crippen LogP contribution in [0.4, 0.5) is 4.79 Å². The Bertz CT molecular complexity index is 1230. The predicted octanol–water partition coefficient (Wildman–Crippen LogP) is 5.20. The van der Waals surface area contributed by atoms with Gasteiger partial charge in [0.1, 0.15) is 5.75 Å². The third-order valence-electron chi connectivity index (χ3n) is 5.58. The number of halogens is 1. The van der Waals surface area contributed by atoms with Gasteiger partial charge in [0, 0.05) is 33.7 Å². The van der Waals surface area contributed by atoms with Gasteiger partial charge in [-0.3, -0.25) is 19.1 Å². The smallest absolute Gasteiger partial charge is 0.324 e. The summed E-state index contributed by atoms with van der Waals surface area (Å²) in [4.78, 5) is 40.7. The quantitative estimate of drug-likeness (QED) is 0.522. The zero-order valence-corrected chi connectivity index (χ0v) is 21.1. The number of hydrogen-bond acceptors (Lipinski definition) is 4. The summed E-state index contributed by atoms with van der Waals surface area (Å²) in [5.74, 6) is 0.0221. The maximum Gasteiger partial charge on any atom is 0.324 e. The number of fused-ring (bicyclic) bond motifs is 1. The Morgan fingerprint density at radius 3 is 2.26 bits per heavy atom. The van der Waals surface area contributed by atoms with E-state index < -0.39 is 6.03 Å². The van der Waals surface area contributed by atoms with E-state index in [0.717, 1.165) is 5.39 Å². The van der Waals surface area contributed by atoms with Crippen LogP contribution in [-0.4, -0.2) is 46.5 Å². The molecular formula is C26H30ClN3O4. The summed E-state index contributed by atoms with van der Waals surface area (Å²) in [6.07, 6.45) is -0.0416. The number of nitrogens with zero attached hydrogens (tertiary/aromatic N) is 2. The summed E-state index contributed by atoms with van der Waals surface area (Å²) in [6.45, 7) is 9.07. The van der Waals surface area contributed by atoms with Crippen LogP contribution in [0.1, 0.15) is 49.3 Å². The van der Waals surface area contributed by atoms with Gasteiger partial charge in [-0.05, 0) is 82.6 Å². The molecule has 7 nitrogen and oxygen atoms in total. The molecule has 0 fully saturated rings. The lowest BCUT2D eigenvalue weighted by molar-refractivity contribution is -0.128. The zero-order chi connectivity index (χ0) is 25.2. The topological polar surface area (TPSA) is 80.6 Å². The van der Waals surface area contributed by atoms with Gasteiger partial charge in [-0.2, -0.15) is 0 Å². The second-order valence-corrected chi connectivity index (χ2v) is 9.17. The average Bonchev–Trinajstić information content (AvgIpc) is 3.03. The molecule has 3 aromatic rings. The van der Waals surface area contributed by atoms with Gasteiger partial charge in [0.25, 0.3) is 5.91 Å². The molecule has 0 spiro atoms. The second kappa shape index (κ2) is 10.3. The van der Waals surface area contributed by atoms with Crippen molar-refractivity contribution < 1.29 is 19.1 Å². The van der Waals surface area contributed by atoms with Gasteiger partial charge in [0.05, 0.1) is 19.0 Å². The van der Waals surface area contributed by atoms with Crippen molar-refractivity contribution in [2.75, 3.05) is 7.11 Å². The van der Waals surface area contributed by atoms with Crippen molar-refractivity contribution in [3.05, 3.63) is 64.3 Å². The van der Waals surface area contributed by atoms with Crippen LogP contribution >= 0.6 is 11.6 Å². The van der Waals surface area contributed by atoms with Crippen LogP contribution < -0.4 is 10.1 Å². The van der Waals surface area contributed by atoms with Gasteiger partial charge in [-0.15, -0.1) is 0 Å². The highest BCUT2D eigenvalue weighted by Crippen LogP contribution is 2.31. The van der Waals surface area contributed by atoms with Gasteiger partial charge in [0.2, 0.25) is 5.91 Å². The SMILES string of the molecule is COc1ccc2c(c1)c(CC(=O)N(C(=O)NC(C)C)C(C)C)c(C)n2C(=O)c1ccc(Cl)cc1. The number of nitrogens with one attached hydrogen (secondary N) is 1. The third-order valence-corrected chi connectivity index (χ3v) is 5.83. The van der Waals surface area contributed by atoms with E-state index >= 15 is 0 Å². The van der Waals surface area contributed by atoms with E-state index in [2.05, 4.69) is 5.32 Å². The molecule has 0 bridgehead atoms. The Balaban J connectivity index is 2.10. The van der Waals surface area contributed by atoms with Gasteiger partial charge in [-0.25, -0.2) is 4.79 Å². The predicted molar refractivity (Wildman–Crippen MR) is 134 cm³/mol. The van der Waals surface area contributed by atoms with E-state index in [1.54, 1.807) is 68.8 Å². The van der Waals surface area contributed by atoms with Gasteiger partial charge in [0.15, 0.2) is 0 Å². The van der Waals surface area contributed by atoms with E-state index in [9.17, 15) is 14.4 Å². The maximum atomic E-state index is 13.4. The number of carbonyl (C=O) groups excluding carboxylic acids is 3. The molecule has 0 radical (unpaired) electrons. The first-order valence-electron chi connectivity index (χ1n) is 11.2. The molecule has 1 N–H and O–H groups in total. The highest BCUT2D eigenvalue weighted by Gasteiger charge is 2.28. The van der Waals surface area contributed by atoms with E-state index in [-0.39, 0.29) is 30.3 Å². The third kappa shape index (κ3) is 5.09. The van der Waals surface area contributed by atoms with Crippen molar-refractivity contribution in [3.63, 3.8) is 0 Å². The lowest BCUT2D eigenvalue weighted by Gasteiger charge is -2.26. The molecule has 180 valence electrons. The zero-order valence-electron chi connectivity index (χ0n) is 20.3. The van der Waals surface area contributed by atoms with Crippen LogP contribution in [0.5, 0.6) is 5.75 Å². The van der Waals surface area contributed by atoms with E-state index in [0.29, 0.717) is 33.1 Å². The monoisotopic (exact) mass is 483 g/mol. The Morgan fingerprint density at radius 2 is 1.71 bits per heavy atom. The molecule has 0 aliphatic carbocycles. The molecule has 3 amide bonds. The molecule has 34 heavy (non-hydrogen) atoms. The maximum absolute atomic E-state index is 13.4. The number of methoxy groups -OCH3 is 1. The molecule has 1 aromatic heterocycles. The Labute approximate surface area is 204 Å². The van der Waals surface area contributed by atoms with E-state index in [1.165, 1.54) is 4.90 Å². The summed E-state index contributed by atoms with van der Waals surface area (Å²) in [5, 5.41) is 4.05. The Hall–Kier alpha value is -3.32. The summed E-state index contributed by atoms with van der Waals surface area (Å²) in [5.41, 5.74) is 2.43. The van der Waals surface area contributed by atoms with E-state index in [4.69, 9.17) is 16.3 Å². The van der Waals surface area contributed by atoms with Crippen molar-refractivity contribution in [2.45, 2.75) is 53.1 Å². The minimum atomic E-state index is -0.439. The summed E-state index contributed by atoms with van der Waals surface area (Å²) in [7, 11) is 1.56. The Morgan fingerprint density at radius 1 is 1.06 bits per heavy atom. The molecule has 0 atom stereocenters. The first kappa shape index (κ1) is 25.3. The van der Waals surface area contributed by atoms with Crippen LogP contribution in [0.2, 0.25) is 5.02 Å². The minimum absolute atomic E-state index is 0.0416. The lowest BCUT2D eigenvalue weighted by atomic mass is 10.1. The molecule has 2 aromatic carbocycles. The molecule has 0 aliphatic rings. The van der Waals surface area contributed by atoms with Crippen LogP contribution in [0.15, 0.2) is 42.5 Å². The average molecular weight is 484 g/mol. The number of ether oxygens (including phenoxy) is 1. The normalized spacial score (nSPS) is 11.2. The molecule has 0 saturated heterocycles. The fraction of sp³-hybridized carbons (Fsp3) is 0.346. The Kier molecular flexibility index (Phi) is 7.67. The first-order chi connectivity index (χ1) is 16.0. The van der Waals surface area contributed by atoms with Crippen molar-refractivity contribution in [1.29, 1.82) is 0 Å². The van der Waals surface area contributed by atoms with Crippen LogP contribution in [-0.2, 0) is 11.2 Å². The van der Waals surface area contributed by atoms with Crippen molar-refractivity contribution in [2.24, 2.45) is 0 Å². The van der Waals surface area contributed by atoms with Crippen molar-refractivity contribution in [1.82, 2.24) is 14.8 Å². The molecule has 8 heteroatoms. The second-order valence-electron chi connectivity index (χ2n) is 8.73. The van der Waals surface area contributed by atoms with Crippen LogP contribution in [0.25, 0.3) is 10.9 Å². The number of carbonyl (C=O) groups is 3. The van der Waals surface area contributed by atoms with Gasteiger partial charge >= 0.3 is 6.03 Å². The number of hydrogen-bond donors (Lipinski definition) is 1. The number of imide groups is 1. The van der Waals surface area contributed by atoms with Crippen LogP contribution in [0.3, 0.4) is 0 Å². The molecule has 0 saturated carbocycles. The molecular weight excluding hydrogens is 454 g/mol. The highest BCUT2D eigenvalue weighted by molar-refractivity contribution is 6.30. The standard InChI is InChI=1S/C26H30ClN3O4/c1-15(2)28-26(33)29(16(3)4)24(31)14-21-17(5)30(23-12-11-20(34-6)13-22(21)23)25(32)18-7-9-19(27)10-8-18/h7-13,15-16H,14H2,1-6H3,(H,28,33). The minimum Gasteiger partial charge on any atom is -0.497 e. The van der Waals surface area contributed by atoms with E-state index in [1.807, 2.05) is 19.9 Å². The first-order valence-corrected chi connectivity index (χ1v) is 11.5. The van der Waals surface area contributed by atoms with Crippen molar-refractivity contribution in [3.8, 4) is 5.75 Å². The van der Waals surface area contributed by atoms with Crippen molar-refractivity contribution >= 4 is 40.3 Å². The number of benzene rings is 2. The fourth-order valence-electron chi connectivity index (χ4n) is 3.98. The van der Waals surface area contributed by atoms with Crippen LogP contribution in [0, 0.1) is 6.92 Å². The lowest BCUT2D eigenvalue weighted by Crippen LogP contribution is -2.50. The summed E-state index contributed by atoms with van der Waals surface area (Å²) < 4.78 is 6.98. The van der Waals surface area contributed by atoms with Gasteiger partial charge < -0.3 is 10.1 Å². The largest absolute Gasteiger partial charge is 0.497 e. The molecule has 3 rings (SSSR count). The number of amides is 3. The number of aromatic nitrogens is 1. The molecule has 0 aliphatic heterocycles. The summed E-state index contributed by atoms with van der Waals surface area (Å²) >= 11 is 5.99. The molecule has 1 heterocycles. The highest BCUT2D eigenvalue weighted by atomic mass is 35.5. The number of urea groups is 1. The number of rotatable bonds is 6. The summed E-state index contributed by atoms with van der Waals surface area (Å²) in [6, 6.07) is 11.2. The van der Waals surface area contributed by atoms with Gasteiger partial charge in [-0.1, -0.05) is 11.6 Å².